The van der Waals surface area contributed by atoms with Crippen molar-refractivity contribution in [3.05, 3.63) is 70.6 Å². The van der Waals surface area contributed by atoms with Gasteiger partial charge in [-0.05, 0) is 35.3 Å². The number of nitrogens with zero attached hydrogens (tertiary/aromatic N) is 1. The molecule has 131 valence electrons. The van der Waals surface area contributed by atoms with Crippen LogP contribution in [0.3, 0.4) is 0 Å². The first-order chi connectivity index (χ1) is 10.8. The van der Waals surface area contributed by atoms with Crippen LogP contribution in [0.4, 0.5) is 0 Å². The molecule has 0 N–H and O–H groups in total. The molecule has 4 heteroatoms. The first-order valence-corrected chi connectivity index (χ1v) is 8.31. The van der Waals surface area contributed by atoms with Crippen molar-refractivity contribution in [2.24, 2.45) is 0 Å². The smallest absolute Gasteiger partial charge is 1.00 e. The zero-order valence-electron chi connectivity index (χ0n) is 14.9. The standard InChI is InChI=1S/C21H24N.2ClH.Ti/c1-3-4-13-22-15-21-19-8-6-5-7-17(19)11-12-20(21)18-10-9-16(2)14-18;;;/h5-9,11-12,14H,3-4,10,13,15H2,1-2H3;2*1H;/q-1;;;+3/p-2. The minimum Gasteiger partial charge on any atom is -1.00 e. The minimum absolute atomic E-state index is 0. The summed E-state index contributed by atoms with van der Waals surface area (Å²) in [6, 6.07) is 13.2. The molecule has 0 spiro atoms. The van der Waals surface area contributed by atoms with Gasteiger partial charge in [0.1, 0.15) is 0 Å². The van der Waals surface area contributed by atoms with Crippen molar-refractivity contribution in [1.29, 1.82) is 0 Å². The largest absolute Gasteiger partial charge is 3.00 e. The number of halogens is 2. The van der Waals surface area contributed by atoms with Gasteiger partial charge in [0.2, 0.25) is 0 Å². The second-order valence-electron chi connectivity index (χ2n) is 6.09. The fraction of sp³-hybridized carbons (Fsp3) is 0.333. The van der Waals surface area contributed by atoms with Crippen molar-refractivity contribution in [2.45, 2.75) is 39.7 Å². The fourth-order valence-electron chi connectivity index (χ4n) is 3.12. The van der Waals surface area contributed by atoms with Gasteiger partial charge in [-0.1, -0.05) is 79.5 Å². The summed E-state index contributed by atoms with van der Waals surface area (Å²) < 4.78 is 0. The molecule has 0 heterocycles. The first kappa shape index (κ1) is 24.4. The zero-order chi connectivity index (χ0) is 15.4. The van der Waals surface area contributed by atoms with E-state index in [1.807, 2.05) is 0 Å². The van der Waals surface area contributed by atoms with Gasteiger partial charge in [0.15, 0.2) is 0 Å². The van der Waals surface area contributed by atoms with E-state index < -0.39 is 0 Å². The Kier molecular flexibility index (Phi) is 11.7. The van der Waals surface area contributed by atoms with E-state index in [4.69, 9.17) is 5.32 Å². The summed E-state index contributed by atoms with van der Waals surface area (Å²) in [5.41, 5.74) is 5.58. The second-order valence-corrected chi connectivity index (χ2v) is 6.09. The van der Waals surface area contributed by atoms with Crippen LogP contribution in [0.2, 0.25) is 0 Å². The first-order valence-electron chi connectivity index (χ1n) is 8.31. The Morgan fingerprint density at radius 2 is 1.80 bits per heavy atom. The third kappa shape index (κ3) is 5.98. The molecule has 2 aromatic rings. The maximum atomic E-state index is 4.79. The number of fused-ring (bicyclic) bond motifs is 1. The molecule has 0 atom stereocenters. The molecule has 2 aromatic carbocycles. The quantitative estimate of drug-likeness (QED) is 0.480. The number of unbranched alkanes of at least 4 members (excludes halogenated alkanes) is 1. The molecular formula is C21H24Cl2NTi. The molecule has 0 fully saturated rings. The monoisotopic (exact) mass is 408 g/mol. The molecule has 3 rings (SSSR count). The maximum Gasteiger partial charge on any atom is 3.00 e. The van der Waals surface area contributed by atoms with Gasteiger partial charge in [0.05, 0.1) is 0 Å². The molecule has 1 aliphatic rings. The Bertz CT molecular complexity index is 738. The predicted molar refractivity (Wildman–Crippen MR) is 97.1 cm³/mol. The summed E-state index contributed by atoms with van der Waals surface area (Å²) >= 11 is 0. The molecule has 1 nitrogen and oxygen atoms in total. The molecule has 25 heavy (non-hydrogen) atoms. The van der Waals surface area contributed by atoms with E-state index in [0.717, 1.165) is 19.5 Å². The van der Waals surface area contributed by atoms with Gasteiger partial charge >= 0.3 is 21.7 Å². The number of rotatable bonds is 6. The third-order valence-electron chi connectivity index (χ3n) is 4.37. The Hall–Kier alpha value is -0.566. The van der Waals surface area contributed by atoms with Gasteiger partial charge in [0.25, 0.3) is 0 Å². The van der Waals surface area contributed by atoms with Gasteiger partial charge in [0, 0.05) is 0 Å². The normalized spacial score (nSPS) is 12.6. The molecule has 0 saturated heterocycles. The summed E-state index contributed by atoms with van der Waals surface area (Å²) in [4.78, 5) is 0. The van der Waals surface area contributed by atoms with Crippen molar-refractivity contribution in [1.82, 2.24) is 0 Å². The van der Waals surface area contributed by atoms with Crippen molar-refractivity contribution in [2.75, 3.05) is 6.54 Å². The van der Waals surface area contributed by atoms with Crippen LogP contribution in [0.1, 0.15) is 44.2 Å². The number of hydrogen-bond donors (Lipinski definition) is 0. The van der Waals surface area contributed by atoms with Crippen LogP contribution < -0.4 is 24.8 Å². The van der Waals surface area contributed by atoms with Gasteiger partial charge < -0.3 is 30.1 Å². The van der Waals surface area contributed by atoms with Crippen molar-refractivity contribution >= 4 is 16.3 Å². The summed E-state index contributed by atoms with van der Waals surface area (Å²) in [6.45, 7) is 6.19. The van der Waals surface area contributed by atoms with E-state index in [2.05, 4.69) is 62.4 Å². The summed E-state index contributed by atoms with van der Waals surface area (Å²) in [5.74, 6) is 0. The average molecular weight is 409 g/mol. The molecule has 0 aromatic heterocycles. The van der Waals surface area contributed by atoms with Crippen LogP contribution in [-0.4, -0.2) is 6.54 Å². The summed E-state index contributed by atoms with van der Waals surface area (Å²) in [5, 5.41) is 7.46. The van der Waals surface area contributed by atoms with Gasteiger partial charge in [-0.3, -0.25) is 0 Å². The molecule has 1 radical (unpaired) electrons. The van der Waals surface area contributed by atoms with Crippen molar-refractivity contribution in [3.63, 3.8) is 0 Å². The Labute approximate surface area is 179 Å². The average Bonchev–Trinajstić information content (AvgIpc) is 2.97. The Morgan fingerprint density at radius 1 is 1.04 bits per heavy atom. The number of hydrogen-bond acceptors (Lipinski definition) is 0. The van der Waals surface area contributed by atoms with E-state index >= 15 is 0 Å². The minimum atomic E-state index is 0. The molecule has 0 aliphatic heterocycles. The number of allylic oxidation sites excluding steroid dienone is 4. The SMILES string of the molecule is CCCC[N-]Cc1c(C2=CC(C)=CC2)ccc2ccccc12.[Cl-].[Cl-].[Ti+3]. The van der Waals surface area contributed by atoms with E-state index in [9.17, 15) is 0 Å². The Morgan fingerprint density at radius 3 is 2.48 bits per heavy atom. The Balaban J connectivity index is 0.00000192. The van der Waals surface area contributed by atoms with Crippen LogP contribution in [0.15, 0.2) is 54.1 Å². The van der Waals surface area contributed by atoms with Crippen LogP contribution in [0.25, 0.3) is 21.7 Å². The van der Waals surface area contributed by atoms with Gasteiger partial charge in [-0.2, -0.15) is 0 Å². The fourth-order valence-corrected chi connectivity index (χ4v) is 3.12. The molecule has 0 unspecified atom stereocenters. The van der Waals surface area contributed by atoms with E-state index in [1.165, 1.54) is 45.9 Å². The molecule has 0 amide bonds. The van der Waals surface area contributed by atoms with E-state index in [-0.39, 0.29) is 46.5 Å². The summed E-state index contributed by atoms with van der Waals surface area (Å²) in [6.07, 6.45) is 8.07. The van der Waals surface area contributed by atoms with Crippen LogP contribution >= 0.6 is 0 Å². The van der Waals surface area contributed by atoms with Gasteiger partial charge in [-0.25, -0.2) is 0 Å². The van der Waals surface area contributed by atoms with Crippen molar-refractivity contribution < 1.29 is 46.5 Å². The summed E-state index contributed by atoms with van der Waals surface area (Å²) in [7, 11) is 0. The van der Waals surface area contributed by atoms with Crippen molar-refractivity contribution in [3.8, 4) is 0 Å². The zero-order valence-corrected chi connectivity index (χ0v) is 17.9. The van der Waals surface area contributed by atoms with Crippen LogP contribution in [-0.2, 0) is 28.3 Å². The van der Waals surface area contributed by atoms with Crippen LogP contribution in [0.5, 0.6) is 0 Å². The molecule has 0 bridgehead atoms. The van der Waals surface area contributed by atoms with Crippen LogP contribution in [0, 0.1) is 0 Å². The number of benzene rings is 2. The molecule has 0 saturated carbocycles. The van der Waals surface area contributed by atoms with Gasteiger partial charge in [-0.15, -0.1) is 13.1 Å². The topological polar surface area (TPSA) is 14.1 Å². The third-order valence-corrected chi connectivity index (χ3v) is 4.37. The second kappa shape index (κ2) is 11.9. The predicted octanol–water partition coefficient (Wildman–Crippen LogP) is 0.253. The molecular weight excluding hydrogens is 385 g/mol. The van der Waals surface area contributed by atoms with E-state index in [0.29, 0.717) is 0 Å². The maximum absolute atomic E-state index is 4.79. The van der Waals surface area contributed by atoms with E-state index in [1.54, 1.807) is 0 Å². The molecule has 1 aliphatic carbocycles.